The van der Waals surface area contributed by atoms with Crippen LogP contribution >= 0.6 is 15.9 Å². The van der Waals surface area contributed by atoms with Gasteiger partial charge in [0.05, 0.1) is 6.10 Å². The summed E-state index contributed by atoms with van der Waals surface area (Å²) in [6.07, 6.45) is 0.899. The van der Waals surface area contributed by atoms with Crippen LogP contribution in [0.3, 0.4) is 0 Å². The first-order valence-electron chi connectivity index (χ1n) is 6.69. The van der Waals surface area contributed by atoms with E-state index in [0.717, 1.165) is 35.0 Å². The van der Waals surface area contributed by atoms with Crippen LogP contribution in [-0.2, 0) is 0 Å². The van der Waals surface area contributed by atoms with Crippen LogP contribution in [0, 0.1) is 11.8 Å². The Hall–Kier alpha value is -0.540. The Kier molecular flexibility index (Phi) is 4.33. The van der Waals surface area contributed by atoms with E-state index in [2.05, 4.69) is 46.8 Å². The van der Waals surface area contributed by atoms with Gasteiger partial charge in [-0.05, 0) is 42.9 Å². The molecule has 1 aliphatic rings. The van der Waals surface area contributed by atoms with Gasteiger partial charge in [0.25, 0.3) is 0 Å². The topological polar surface area (TPSA) is 23.5 Å². The van der Waals surface area contributed by atoms with Crippen LogP contribution in [-0.4, -0.2) is 18.2 Å². The zero-order valence-corrected chi connectivity index (χ0v) is 12.9. The van der Waals surface area contributed by atoms with Gasteiger partial charge in [-0.2, -0.15) is 0 Å². The number of rotatable bonds is 2. The average Bonchev–Trinajstić information content (AvgIpc) is 2.26. The third kappa shape index (κ3) is 3.07. The number of hydrogen-bond acceptors (Lipinski definition) is 2. The summed E-state index contributed by atoms with van der Waals surface area (Å²) in [5, 5.41) is 9.65. The first kappa shape index (κ1) is 13.9. The van der Waals surface area contributed by atoms with E-state index in [1.54, 1.807) is 6.92 Å². The fourth-order valence-corrected chi connectivity index (χ4v) is 3.62. The Labute approximate surface area is 118 Å². The summed E-state index contributed by atoms with van der Waals surface area (Å²) in [5.74, 6) is 1.51. The van der Waals surface area contributed by atoms with Crippen LogP contribution in [0.15, 0.2) is 22.7 Å². The number of piperidine rings is 1. The Bertz CT molecular complexity index is 409. The van der Waals surface area contributed by atoms with E-state index < -0.39 is 6.10 Å². The minimum atomic E-state index is -0.423. The number of anilines is 1. The molecule has 1 aromatic carbocycles. The number of nitrogens with zero attached hydrogens (tertiary/aromatic N) is 1. The summed E-state index contributed by atoms with van der Waals surface area (Å²) in [6, 6.07) is 6.28. The molecular formula is C15H22BrNO. The highest BCUT2D eigenvalue weighted by molar-refractivity contribution is 9.10. The molecule has 1 N–H and O–H groups in total. The molecule has 2 unspecified atom stereocenters. The third-order valence-electron chi connectivity index (χ3n) is 3.67. The number of aliphatic hydroxyl groups excluding tert-OH is 1. The maximum atomic E-state index is 9.65. The van der Waals surface area contributed by atoms with Crippen molar-refractivity contribution in [1.82, 2.24) is 0 Å². The molecule has 100 valence electrons. The lowest BCUT2D eigenvalue weighted by atomic mass is 9.91. The van der Waals surface area contributed by atoms with Crippen molar-refractivity contribution < 1.29 is 5.11 Å². The Morgan fingerprint density at radius 3 is 2.39 bits per heavy atom. The molecule has 1 fully saturated rings. The fraction of sp³-hybridized carbons (Fsp3) is 0.600. The van der Waals surface area contributed by atoms with Gasteiger partial charge in [0.1, 0.15) is 0 Å². The Morgan fingerprint density at radius 1 is 1.28 bits per heavy atom. The molecule has 2 rings (SSSR count). The lowest BCUT2D eigenvalue weighted by molar-refractivity contribution is 0.198. The molecule has 0 aliphatic carbocycles. The van der Waals surface area contributed by atoms with Crippen LogP contribution in [0.2, 0.25) is 0 Å². The molecule has 0 radical (unpaired) electrons. The van der Waals surface area contributed by atoms with Gasteiger partial charge in [-0.3, -0.25) is 0 Å². The number of halogens is 1. The minimum absolute atomic E-state index is 0.423. The van der Waals surface area contributed by atoms with Crippen molar-refractivity contribution in [3.8, 4) is 0 Å². The van der Waals surface area contributed by atoms with Crippen LogP contribution in [0.1, 0.15) is 38.9 Å². The molecule has 0 aromatic heterocycles. The second kappa shape index (κ2) is 5.62. The van der Waals surface area contributed by atoms with E-state index in [9.17, 15) is 5.11 Å². The second-order valence-corrected chi connectivity index (χ2v) is 6.59. The quantitative estimate of drug-likeness (QED) is 0.893. The molecule has 18 heavy (non-hydrogen) atoms. The maximum absolute atomic E-state index is 9.65. The lowest BCUT2D eigenvalue weighted by Gasteiger charge is -2.36. The zero-order valence-electron chi connectivity index (χ0n) is 11.4. The van der Waals surface area contributed by atoms with E-state index in [1.165, 1.54) is 12.1 Å². The number of hydrogen-bond donors (Lipinski definition) is 1. The Morgan fingerprint density at radius 2 is 1.89 bits per heavy atom. The van der Waals surface area contributed by atoms with Gasteiger partial charge in [-0.15, -0.1) is 0 Å². The molecule has 0 bridgehead atoms. The predicted molar refractivity (Wildman–Crippen MR) is 79.9 cm³/mol. The molecule has 1 heterocycles. The normalized spacial score (nSPS) is 26.2. The second-order valence-electron chi connectivity index (χ2n) is 5.73. The van der Waals surface area contributed by atoms with Gasteiger partial charge >= 0.3 is 0 Å². The molecule has 0 saturated carbocycles. The number of aliphatic hydroxyl groups is 1. The molecule has 1 aliphatic heterocycles. The van der Waals surface area contributed by atoms with Crippen molar-refractivity contribution in [2.24, 2.45) is 11.8 Å². The van der Waals surface area contributed by atoms with Gasteiger partial charge in [-0.1, -0.05) is 35.8 Å². The van der Waals surface area contributed by atoms with Crippen molar-refractivity contribution in [2.45, 2.75) is 33.3 Å². The summed E-state index contributed by atoms with van der Waals surface area (Å²) in [4.78, 5) is 2.45. The first-order valence-corrected chi connectivity index (χ1v) is 7.49. The van der Waals surface area contributed by atoms with Crippen LogP contribution < -0.4 is 4.90 Å². The molecule has 0 amide bonds. The summed E-state index contributed by atoms with van der Waals surface area (Å²) < 4.78 is 1.00. The van der Waals surface area contributed by atoms with Gasteiger partial charge in [0.2, 0.25) is 0 Å². The fourth-order valence-electron chi connectivity index (χ4n) is 2.93. The largest absolute Gasteiger partial charge is 0.389 e. The number of benzene rings is 1. The van der Waals surface area contributed by atoms with Crippen molar-refractivity contribution in [3.05, 3.63) is 28.2 Å². The summed E-state index contributed by atoms with van der Waals surface area (Å²) >= 11 is 3.56. The molecule has 0 spiro atoms. The molecule has 1 aromatic rings. The van der Waals surface area contributed by atoms with Crippen LogP contribution in [0.4, 0.5) is 5.69 Å². The van der Waals surface area contributed by atoms with Gasteiger partial charge < -0.3 is 10.0 Å². The first-order chi connectivity index (χ1) is 8.47. The summed E-state index contributed by atoms with van der Waals surface area (Å²) in [6.45, 7) is 8.70. The van der Waals surface area contributed by atoms with Crippen LogP contribution in [0.5, 0.6) is 0 Å². The average molecular weight is 312 g/mol. The van der Waals surface area contributed by atoms with Crippen molar-refractivity contribution in [3.63, 3.8) is 0 Å². The summed E-state index contributed by atoms with van der Waals surface area (Å²) in [5.41, 5.74) is 2.21. The highest BCUT2D eigenvalue weighted by Crippen LogP contribution is 2.31. The minimum Gasteiger partial charge on any atom is -0.389 e. The van der Waals surface area contributed by atoms with Gasteiger partial charge in [0, 0.05) is 23.2 Å². The molecular weight excluding hydrogens is 290 g/mol. The molecule has 2 nitrogen and oxygen atoms in total. The lowest BCUT2D eigenvalue weighted by Crippen LogP contribution is -2.38. The van der Waals surface area contributed by atoms with Crippen molar-refractivity contribution >= 4 is 21.6 Å². The van der Waals surface area contributed by atoms with Crippen molar-refractivity contribution in [1.29, 1.82) is 0 Å². The standard InChI is InChI=1S/C15H22BrNO/c1-10-6-11(2)9-17(8-10)13-4-5-14(12(3)18)15(16)7-13/h4-5,7,10-12,18H,6,8-9H2,1-3H3/t10?,11?,12-/m1/s1. The van der Waals surface area contributed by atoms with E-state index in [0.29, 0.717) is 0 Å². The molecule has 3 heteroatoms. The molecule has 3 atom stereocenters. The van der Waals surface area contributed by atoms with Crippen LogP contribution in [0.25, 0.3) is 0 Å². The van der Waals surface area contributed by atoms with Gasteiger partial charge in [-0.25, -0.2) is 0 Å². The van der Waals surface area contributed by atoms with E-state index in [1.807, 2.05) is 6.07 Å². The van der Waals surface area contributed by atoms with Crippen molar-refractivity contribution in [2.75, 3.05) is 18.0 Å². The predicted octanol–water partition coefficient (Wildman–Crippen LogP) is 3.98. The smallest absolute Gasteiger partial charge is 0.0772 e. The monoisotopic (exact) mass is 311 g/mol. The van der Waals surface area contributed by atoms with E-state index in [-0.39, 0.29) is 0 Å². The van der Waals surface area contributed by atoms with E-state index in [4.69, 9.17) is 0 Å². The maximum Gasteiger partial charge on any atom is 0.0772 e. The zero-order chi connectivity index (χ0) is 13.3. The molecule has 1 saturated heterocycles. The highest BCUT2D eigenvalue weighted by atomic mass is 79.9. The SMILES string of the molecule is CC1CC(C)CN(c2ccc([C@@H](C)O)c(Br)c2)C1. The highest BCUT2D eigenvalue weighted by Gasteiger charge is 2.22. The van der Waals surface area contributed by atoms with E-state index >= 15 is 0 Å². The third-order valence-corrected chi connectivity index (χ3v) is 4.35. The van der Waals surface area contributed by atoms with Gasteiger partial charge in [0.15, 0.2) is 0 Å². The Balaban J connectivity index is 2.21. The summed E-state index contributed by atoms with van der Waals surface area (Å²) in [7, 11) is 0.